The van der Waals surface area contributed by atoms with Crippen LogP contribution < -0.4 is 5.32 Å². The Kier molecular flexibility index (Phi) is 5.35. The number of carbonyl (C=O) groups excluding carboxylic acids is 1. The molecule has 22 heavy (non-hydrogen) atoms. The molecule has 1 atom stereocenters. The number of hydrogen-bond donors (Lipinski definition) is 2. The van der Waals surface area contributed by atoms with Crippen LogP contribution >= 0.6 is 0 Å². The average Bonchev–Trinajstić information content (AvgIpc) is 2.36. The third kappa shape index (κ3) is 4.56. The molecule has 6 nitrogen and oxygen atoms in total. The van der Waals surface area contributed by atoms with Crippen molar-refractivity contribution in [1.82, 2.24) is 0 Å². The van der Waals surface area contributed by atoms with Crippen LogP contribution in [0.5, 0.6) is 0 Å². The summed E-state index contributed by atoms with van der Waals surface area (Å²) in [4.78, 5) is 22.7. The van der Waals surface area contributed by atoms with Crippen molar-refractivity contribution >= 4 is 27.4 Å². The largest absolute Gasteiger partial charge is 0.481 e. The molecule has 0 aliphatic heterocycles. The van der Waals surface area contributed by atoms with Crippen molar-refractivity contribution in [1.29, 1.82) is 0 Å². The summed E-state index contributed by atoms with van der Waals surface area (Å²) in [6.45, 7) is 6.18. The highest BCUT2D eigenvalue weighted by atomic mass is 32.2. The van der Waals surface area contributed by atoms with E-state index >= 15 is 0 Å². The fourth-order valence-electron chi connectivity index (χ4n) is 1.58. The predicted molar refractivity (Wildman–Crippen MR) is 84.7 cm³/mol. The van der Waals surface area contributed by atoms with Crippen molar-refractivity contribution in [3.05, 3.63) is 29.8 Å². The molecule has 1 unspecified atom stereocenters. The minimum atomic E-state index is -3.54. The van der Waals surface area contributed by atoms with Gasteiger partial charge in [0.1, 0.15) is 5.75 Å². The van der Waals surface area contributed by atoms with E-state index in [0.29, 0.717) is 11.3 Å². The Morgan fingerprint density at radius 2 is 1.68 bits per heavy atom. The highest BCUT2D eigenvalue weighted by Crippen LogP contribution is 2.19. The highest BCUT2D eigenvalue weighted by Gasteiger charge is 2.31. The molecule has 0 radical (unpaired) electrons. The predicted octanol–water partition coefficient (Wildman–Crippen LogP) is 2.03. The number of benzene rings is 1. The summed E-state index contributed by atoms with van der Waals surface area (Å²) in [5.41, 5.74) is 1.03. The van der Waals surface area contributed by atoms with Crippen LogP contribution in [0.1, 0.15) is 39.2 Å². The van der Waals surface area contributed by atoms with Crippen molar-refractivity contribution in [3.63, 3.8) is 0 Å². The Hall–Kier alpha value is -1.89. The number of hydrogen-bond acceptors (Lipinski definition) is 4. The van der Waals surface area contributed by atoms with Gasteiger partial charge in [-0.1, -0.05) is 12.1 Å². The first kappa shape index (κ1) is 18.2. The second kappa shape index (κ2) is 6.48. The van der Waals surface area contributed by atoms with E-state index in [1.807, 2.05) is 0 Å². The maximum absolute atomic E-state index is 11.9. The summed E-state index contributed by atoms with van der Waals surface area (Å²) in [6.07, 6.45) is 0. The van der Waals surface area contributed by atoms with Gasteiger partial charge in [-0.3, -0.25) is 9.59 Å². The Bertz CT molecular complexity index is 656. The molecule has 0 aliphatic rings. The lowest BCUT2D eigenvalue weighted by Crippen LogP contribution is -2.35. The summed E-state index contributed by atoms with van der Waals surface area (Å²) >= 11 is 0. The van der Waals surface area contributed by atoms with Crippen molar-refractivity contribution in [2.24, 2.45) is 0 Å². The first-order valence-electron chi connectivity index (χ1n) is 6.79. The third-order valence-corrected chi connectivity index (χ3v) is 5.83. The quantitative estimate of drug-likeness (QED) is 0.862. The first-order valence-corrected chi connectivity index (χ1v) is 8.44. The number of aliphatic carboxylic acids is 1. The topological polar surface area (TPSA) is 101 Å². The van der Waals surface area contributed by atoms with Gasteiger partial charge >= 0.3 is 5.97 Å². The van der Waals surface area contributed by atoms with Gasteiger partial charge in [0.05, 0.1) is 10.7 Å². The van der Waals surface area contributed by atoms with Gasteiger partial charge in [-0.15, -0.1) is 0 Å². The molecule has 122 valence electrons. The molecule has 0 aromatic heterocycles. The second-order valence-corrected chi connectivity index (χ2v) is 8.84. The highest BCUT2D eigenvalue weighted by molar-refractivity contribution is 7.93. The molecule has 0 heterocycles. The van der Waals surface area contributed by atoms with E-state index < -0.39 is 38.1 Å². The zero-order valence-corrected chi connectivity index (χ0v) is 13.9. The van der Waals surface area contributed by atoms with E-state index in [-0.39, 0.29) is 0 Å². The van der Waals surface area contributed by atoms with Crippen LogP contribution in [0.25, 0.3) is 0 Å². The third-order valence-electron chi connectivity index (χ3n) is 3.32. The van der Waals surface area contributed by atoms with E-state index in [1.54, 1.807) is 31.2 Å². The van der Waals surface area contributed by atoms with Gasteiger partial charge in [0.25, 0.3) is 0 Å². The standard InChI is InChI=1S/C15H21NO5S/c1-10(14(18)19)11-5-7-12(8-6-11)16-13(17)9-22(20,21)15(2,3)4/h5-8,10H,9H2,1-4H3,(H,16,17)(H,18,19). The molecular weight excluding hydrogens is 306 g/mol. The Balaban J connectivity index is 2.76. The van der Waals surface area contributed by atoms with Gasteiger partial charge < -0.3 is 10.4 Å². The van der Waals surface area contributed by atoms with Gasteiger partial charge in [-0.25, -0.2) is 8.42 Å². The minimum Gasteiger partial charge on any atom is -0.481 e. The maximum atomic E-state index is 11.9. The van der Waals surface area contributed by atoms with Crippen LogP contribution in [0.4, 0.5) is 5.69 Å². The van der Waals surface area contributed by atoms with E-state index in [1.165, 1.54) is 20.8 Å². The molecule has 7 heteroatoms. The monoisotopic (exact) mass is 327 g/mol. The zero-order valence-electron chi connectivity index (χ0n) is 13.1. The number of carboxylic acid groups (broad SMARTS) is 1. The lowest BCUT2D eigenvalue weighted by atomic mass is 10.0. The van der Waals surface area contributed by atoms with Crippen LogP contribution in [0.2, 0.25) is 0 Å². The molecule has 0 bridgehead atoms. The summed E-state index contributed by atoms with van der Waals surface area (Å²) in [5, 5.41) is 11.4. The summed E-state index contributed by atoms with van der Waals surface area (Å²) in [5.74, 6) is -2.79. The van der Waals surface area contributed by atoms with Crippen LogP contribution in [0, 0.1) is 0 Å². The average molecular weight is 327 g/mol. The molecule has 1 aromatic rings. The minimum absolute atomic E-state index is 0.426. The van der Waals surface area contributed by atoms with Crippen molar-refractivity contribution in [2.45, 2.75) is 38.4 Å². The Labute approximate surface area is 130 Å². The fraction of sp³-hybridized carbons (Fsp3) is 0.467. The normalized spacial score (nSPS) is 13.5. The van der Waals surface area contributed by atoms with Crippen molar-refractivity contribution < 1.29 is 23.1 Å². The van der Waals surface area contributed by atoms with Gasteiger partial charge in [-0.2, -0.15) is 0 Å². The SMILES string of the molecule is CC(C(=O)O)c1ccc(NC(=O)CS(=O)(=O)C(C)(C)C)cc1. The molecule has 0 fully saturated rings. The fourth-order valence-corrected chi connectivity index (χ4v) is 2.43. The van der Waals surface area contributed by atoms with E-state index in [9.17, 15) is 18.0 Å². The number of anilines is 1. The lowest BCUT2D eigenvalue weighted by molar-refractivity contribution is -0.138. The summed E-state index contributed by atoms with van der Waals surface area (Å²) < 4.78 is 22.9. The molecule has 2 N–H and O–H groups in total. The van der Waals surface area contributed by atoms with Gasteiger partial charge in [-0.05, 0) is 45.4 Å². The Morgan fingerprint density at radius 3 is 2.09 bits per heavy atom. The van der Waals surface area contributed by atoms with Crippen LogP contribution in [0.3, 0.4) is 0 Å². The number of rotatable bonds is 5. The number of nitrogens with one attached hydrogen (secondary N) is 1. The first-order chi connectivity index (χ1) is 9.94. The van der Waals surface area contributed by atoms with Gasteiger partial charge in [0.15, 0.2) is 9.84 Å². The van der Waals surface area contributed by atoms with E-state index in [0.717, 1.165) is 0 Å². The maximum Gasteiger partial charge on any atom is 0.310 e. The number of amides is 1. The summed E-state index contributed by atoms with van der Waals surface area (Å²) in [7, 11) is -3.54. The van der Waals surface area contributed by atoms with Crippen molar-refractivity contribution in [2.75, 3.05) is 11.1 Å². The molecule has 0 aliphatic carbocycles. The molecule has 0 saturated heterocycles. The molecule has 1 amide bonds. The Morgan fingerprint density at radius 1 is 1.18 bits per heavy atom. The van der Waals surface area contributed by atoms with E-state index in [4.69, 9.17) is 5.11 Å². The molecule has 1 rings (SSSR count). The van der Waals surface area contributed by atoms with Crippen LogP contribution in [-0.2, 0) is 19.4 Å². The number of sulfone groups is 1. The van der Waals surface area contributed by atoms with Gasteiger partial charge in [0, 0.05) is 5.69 Å². The molecule has 0 spiro atoms. The lowest BCUT2D eigenvalue weighted by Gasteiger charge is -2.18. The second-order valence-electron chi connectivity index (χ2n) is 6.10. The van der Waals surface area contributed by atoms with E-state index in [2.05, 4.69) is 5.32 Å². The van der Waals surface area contributed by atoms with Crippen molar-refractivity contribution in [3.8, 4) is 0 Å². The smallest absolute Gasteiger partial charge is 0.310 e. The van der Waals surface area contributed by atoms with Crippen LogP contribution in [0.15, 0.2) is 24.3 Å². The van der Waals surface area contributed by atoms with Crippen LogP contribution in [-0.4, -0.2) is 35.9 Å². The molecule has 0 saturated carbocycles. The number of carbonyl (C=O) groups is 2. The zero-order chi connectivity index (χ0) is 17.1. The molecular formula is C15H21NO5S. The summed E-state index contributed by atoms with van der Waals surface area (Å²) in [6, 6.07) is 6.28. The molecule has 1 aromatic carbocycles. The van der Waals surface area contributed by atoms with Gasteiger partial charge in [0.2, 0.25) is 5.91 Å². The number of carboxylic acids is 1.